The highest BCUT2D eigenvalue weighted by Gasteiger charge is 2.21. The maximum absolute atomic E-state index is 12.1. The van der Waals surface area contributed by atoms with Gasteiger partial charge in [0, 0.05) is 19.3 Å². The molecule has 0 aliphatic rings. The van der Waals surface area contributed by atoms with Crippen molar-refractivity contribution in [3.8, 4) is 0 Å². The molecule has 0 bridgehead atoms. The van der Waals surface area contributed by atoms with E-state index < -0.39 is 10.0 Å². The summed E-state index contributed by atoms with van der Waals surface area (Å²) >= 11 is 5.83. The second-order valence-electron chi connectivity index (χ2n) is 4.31. The van der Waals surface area contributed by atoms with Crippen LogP contribution in [0, 0.1) is 0 Å². The average Bonchev–Trinajstić information content (AvgIpc) is 2.72. The topological polar surface area (TPSA) is 90.0 Å². The highest BCUT2D eigenvalue weighted by atomic mass is 35.5. The smallest absolute Gasteiger partial charge is 0.259 e. The average molecular weight is 315 g/mol. The number of anilines is 1. The zero-order valence-corrected chi connectivity index (χ0v) is 12.4. The van der Waals surface area contributed by atoms with Crippen LogP contribution in [-0.4, -0.2) is 24.7 Å². The molecule has 0 unspecified atom stereocenters. The normalized spacial score (nSPS) is 11.7. The number of hydrogen-bond acceptors (Lipinski definition) is 4. The second-order valence-corrected chi connectivity index (χ2v) is 6.40. The SMILES string of the molecule is Cn1ncc(Cl)c1S(=O)(=O)NCCc1ccc(N)cc1. The van der Waals surface area contributed by atoms with Gasteiger partial charge in [-0.25, -0.2) is 13.1 Å². The third kappa shape index (κ3) is 3.30. The number of aromatic nitrogens is 2. The fourth-order valence-electron chi connectivity index (χ4n) is 1.78. The van der Waals surface area contributed by atoms with Gasteiger partial charge in [0.2, 0.25) is 0 Å². The monoisotopic (exact) mass is 314 g/mol. The lowest BCUT2D eigenvalue weighted by Crippen LogP contribution is -2.28. The summed E-state index contributed by atoms with van der Waals surface area (Å²) in [4.78, 5) is 0. The number of nitrogens with one attached hydrogen (secondary N) is 1. The van der Waals surface area contributed by atoms with Gasteiger partial charge in [-0.3, -0.25) is 4.68 Å². The zero-order chi connectivity index (χ0) is 14.8. The Labute approximate surface area is 122 Å². The predicted octanol–water partition coefficient (Wildman–Crippen LogP) is 1.18. The Morgan fingerprint density at radius 1 is 1.35 bits per heavy atom. The molecule has 0 aliphatic carbocycles. The van der Waals surface area contributed by atoms with Gasteiger partial charge < -0.3 is 5.73 Å². The number of benzene rings is 1. The van der Waals surface area contributed by atoms with Crippen LogP contribution in [0.25, 0.3) is 0 Å². The summed E-state index contributed by atoms with van der Waals surface area (Å²) < 4.78 is 27.9. The summed E-state index contributed by atoms with van der Waals surface area (Å²) in [5, 5.41) is 3.88. The molecule has 0 spiro atoms. The van der Waals surface area contributed by atoms with Crippen LogP contribution in [0.4, 0.5) is 5.69 Å². The maximum atomic E-state index is 12.1. The van der Waals surface area contributed by atoms with E-state index in [9.17, 15) is 8.42 Å². The summed E-state index contributed by atoms with van der Waals surface area (Å²) in [6, 6.07) is 7.28. The van der Waals surface area contributed by atoms with E-state index in [0.29, 0.717) is 12.1 Å². The van der Waals surface area contributed by atoms with Crippen LogP contribution in [0.15, 0.2) is 35.5 Å². The van der Waals surface area contributed by atoms with E-state index in [-0.39, 0.29) is 16.6 Å². The molecule has 108 valence electrons. The van der Waals surface area contributed by atoms with Crippen molar-refractivity contribution in [3.05, 3.63) is 41.0 Å². The van der Waals surface area contributed by atoms with E-state index in [1.807, 2.05) is 12.1 Å². The fraction of sp³-hybridized carbons (Fsp3) is 0.250. The Bertz CT molecular complexity index is 675. The van der Waals surface area contributed by atoms with Crippen LogP contribution in [0.5, 0.6) is 0 Å². The van der Waals surface area contributed by atoms with Crippen molar-refractivity contribution in [1.29, 1.82) is 0 Å². The Morgan fingerprint density at radius 3 is 2.55 bits per heavy atom. The predicted molar refractivity (Wildman–Crippen MR) is 78.0 cm³/mol. The number of nitrogens with zero attached hydrogens (tertiary/aromatic N) is 2. The first kappa shape index (κ1) is 14.8. The first-order valence-electron chi connectivity index (χ1n) is 5.92. The highest BCUT2D eigenvalue weighted by molar-refractivity contribution is 7.89. The molecule has 0 amide bonds. The lowest BCUT2D eigenvalue weighted by molar-refractivity contribution is 0.563. The molecule has 0 saturated carbocycles. The van der Waals surface area contributed by atoms with Gasteiger partial charge in [0.05, 0.1) is 11.2 Å². The van der Waals surface area contributed by atoms with Gasteiger partial charge in [0.25, 0.3) is 10.0 Å². The van der Waals surface area contributed by atoms with E-state index in [0.717, 1.165) is 5.56 Å². The summed E-state index contributed by atoms with van der Waals surface area (Å²) in [5.41, 5.74) is 7.26. The van der Waals surface area contributed by atoms with Crippen LogP contribution in [0.1, 0.15) is 5.56 Å². The number of rotatable bonds is 5. The molecule has 0 aliphatic heterocycles. The highest BCUT2D eigenvalue weighted by Crippen LogP contribution is 2.19. The number of halogens is 1. The molecule has 1 heterocycles. The van der Waals surface area contributed by atoms with E-state index in [1.54, 1.807) is 12.1 Å². The van der Waals surface area contributed by atoms with Crippen molar-refractivity contribution in [2.45, 2.75) is 11.4 Å². The maximum Gasteiger partial charge on any atom is 0.259 e. The van der Waals surface area contributed by atoms with E-state index in [4.69, 9.17) is 17.3 Å². The first-order valence-corrected chi connectivity index (χ1v) is 7.78. The standard InChI is InChI=1S/C12H15ClN4O2S/c1-17-12(11(13)8-15-17)20(18,19)16-7-6-9-2-4-10(14)5-3-9/h2-5,8,16H,6-7,14H2,1H3. The lowest BCUT2D eigenvalue weighted by atomic mass is 10.1. The Hall–Kier alpha value is -1.57. The molecule has 3 N–H and O–H groups in total. The molecule has 2 rings (SSSR count). The van der Waals surface area contributed by atoms with Gasteiger partial charge in [0.15, 0.2) is 5.03 Å². The largest absolute Gasteiger partial charge is 0.399 e. The van der Waals surface area contributed by atoms with Crippen molar-refractivity contribution in [2.75, 3.05) is 12.3 Å². The van der Waals surface area contributed by atoms with Gasteiger partial charge in [-0.2, -0.15) is 5.10 Å². The molecular formula is C12H15ClN4O2S. The van der Waals surface area contributed by atoms with E-state index in [2.05, 4.69) is 9.82 Å². The molecule has 2 aromatic rings. The Morgan fingerprint density at radius 2 is 2.00 bits per heavy atom. The van der Waals surface area contributed by atoms with Gasteiger partial charge in [-0.15, -0.1) is 0 Å². The number of sulfonamides is 1. The summed E-state index contributed by atoms with van der Waals surface area (Å²) in [6.07, 6.45) is 1.87. The molecule has 8 heteroatoms. The lowest BCUT2D eigenvalue weighted by Gasteiger charge is -2.07. The minimum Gasteiger partial charge on any atom is -0.399 e. The molecule has 0 atom stereocenters. The third-order valence-electron chi connectivity index (χ3n) is 2.78. The number of aryl methyl sites for hydroxylation is 1. The molecule has 6 nitrogen and oxygen atoms in total. The van der Waals surface area contributed by atoms with Crippen LogP contribution in [0.3, 0.4) is 0 Å². The molecule has 0 radical (unpaired) electrons. The van der Waals surface area contributed by atoms with Crippen molar-refractivity contribution in [1.82, 2.24) is 14.5 Å². The Balaban J connectivity index is 2.02. The first-order chi connectivity index (χ1) is 9.40. The van der Waals surface area contributed by atoms with Gasteiger partial charge >= 0.3 is 0 Å². The van der Waals surface area contributed by atoms with Crippen molar-refractivity contribution >= 4 is 27.3 Å². The molecular weight excluding hydrogens is 300 g/mol. The fourth-order valence-corrected chi connectivity index (χ4v) is 3.47. The quantitative estimate of drug-likeness (QED) is 0.811. The number of nitrogen functional groups attached to an aromatic ring is 1. The van der Waals surface area contributed by atoms with Crippen molar-refractivity contribution in [2.24, 2.45) is 7.05 Å². The van der Waals surface area contributed by atoms with E-state index in [1.165, 1.54) is 17.9 Å². The molecule has 20 heavy (non-hydrogen) atoms. The molecule has 1 aromatic heterocycles. The van der Waals surface area contributed by atoms with Crippen LogP contribution >= 0.6 is 11.6 Å². The molecule has 1 aromatic carbocycles. The van der Waals surface area contributed by atoms with Gasteiger partial charge in [-0.1, -0.05) is 23.7 Å². The minimum atomic E-state index is -3.66. The molecule has 0 saturated heterocycles. The summed E-state index contributed by atoms with van der Waals surface area (Å²) in [5.74, 6) is 0. The Kier molecular flexibility index (Phi) is 4.32. The van der Waals surface area contributed by atoms with Gasteiger partial charge in [0.1, 0.15) is 0 Å². The van der Waals surface area contributed by atoms with Crippen LogP contribution in [-0.2, 0) is 23.5 Å². The minimum absolute atomic E-state index is 0.0310. The van der Waals surface area contributed by atoms with E-state index >= 15 is 0 Å². The van der Waals surface area contributed by atoms with Gasteiger partial charge in [-0.05, 0) is 24.1 Å². The molecule has 0 fully saturated rings. The summed E-state index contributed by atoms with van der Waals surface area (Å²) in [7, 11) is -2.13. The number of hydrogen-bond donors (Lipinski definition) is 2. The van der Waals surface area contributed by atoms with Crippen molar-refractivity contribution < 1.29 is 8.42 Å². The van der Waals surface area contributed by atoms with Crippen LogP contribution < -0.4 is 10.5 Å². The zero-order valence-electron chi connectivity index (χ0n) is 10.9. The third-order valence-corrected chi connectivity index (χ3v) is 4.75. The second kappa shape index (κ2) is 5.82. The summed E-state index contributed by atoms with van der Waals surface area (Å²) in [6.45, 7) is 0.272. The van der Waals surface area contributed by atoms with Crippen LogP contribution in [0.2, 0.25) is 5.02 Å². The van der Waals surface area contributed by atoms with Crippen molar-refractivity contribution in [3.63, 3.8) is 0 Å². The number of nitrogens with two attached hydrogens (primary N) is 1.